The van der Waals surface area contributed by atoms with Crippen molar-refractivity contribution in [1.82, 2.24) is 24.6 Å². The van der Waals surface area contributed by atoms with Crippen LogP contribution in [0.2, 0.25) is 5.02 Å². The second-order valence-electron chi connectivity index (χ2n) is 9.09. The molecule has 4 aromatic rings. The third-order valence-corrected chi connectivity index (χ3v) is 8.81. The topological polar surface area (TPSA) is 88.8 Å². The first-order chi connectivity index (χ1) is 17.6. The summed E-state index contributed by atoms with van der Waals surface area (Å²) < 4.78 is 7.17. The summed E-state index contributed by atoms with van der Waals surface area (Å²) in [6, 6.07) is 7.44. The fourth-order valence-electron chi connectivity index (χ4n) is 4.54. The number of piperidine rings is 1. The first-order valence-corrected chi connectivity index (χ1v) is 14.1. The second kappa shape index (κ2) is 9.84. The highest BCUT2D eigenvalue weighted by molar-refractivity contribution is 7.15. The minimum absolute atomic E-state index is 0.0937. The Bertz CT molecular complexity index is 1430. The number of fused-ring (bicyclic) bond motifs is 1. The fraction of sp³-hybridized carbons (Fsp3) is 0.360. The van der Waals surface area contributed by atoms with Gasteiger partial charge in [0.2, 0.25) is 5.88 Å². The van der Waals surface area contributed by atoms with E-state index in [4.69, 9.17) is 21.3 Å². The molecule has 6 rings (SSSR count). The van der Waals surface area contributed by atoms with Crippen LogP contribution in [0.1, 0.15) is 53.5 Å². The van der Waals surface area contributed by atoms with Crippen molar-refractivity contribution in [3.63, 3.8) is 0 Å². The van der Waals surface area contributed by atoms with Crippen LogP contribution in [-0.2, 0) is 0 Å². The summed E-state index contributed by atoms with van der Waals surface area (Å²) >= 11 is 9.32. The summed E-state index contributed by atoms with van der Waals surface area (Å²) in [6.45, 7) is 0.936. The number of benzene rings is 1. The zero-order valence-electron chi connectivity index (χ0n) is 19.4. The Balaban J connectivity index is 1.19. The maximum atomic E-state index is 13.8. The Morgan fingerprint density at radius 1 is 1.22 bits per heavy atom. The van der Waals surface area contributed by atoms with Crippen LogP contribution in [0.3, 0.4) is 0 Å². The van der Waals surface area contributed by atoms with Crippen molar-refractivity contribution < 1.29 is 14.3 Å². The highest BCUT2D eigenvalue weighted by Crippen LogP contribution is 2.45. The lowest BCUT2D eigenvalue weighted by Crippen LogP contribution is -2.50. The van der Waals surface area contributed by atoms with E-state index in [1.165, 1.54) is 17.5 Å². The minimum Gasteiger partial charge on any atom is -0.391 e. The quantitative estimate of drug-likeness (QED) is 0.331. The summed E-state index contributed by atoms with van der Waals surface area (Å²) in [6.07, 6.45) is 7.72. The number of hydrogen-bond acceptors (Lipinski definition) is 7. The van der Waals surface area contributed by atoms with E-state index in [1.54, 1.807) is 21.9 Å². The Kier molecular flexibility index (Phi) is 6.41. The van der Waals surface area contributed by atoms with Crippen LogP contribution in [0.15, 0.2) is 42.0 Å². The van der Waals surface area contributed by atoms with E-state index in [9.17, 15) is 9.59 Å². The maximum Gasteiger partial charge on any atom is 0.414 e. The minimum atomic E-state index is -0.565. The van der Waals surface area contributed by atoms with Crippen molar-refractivity contribution in [2.45, 2.75) is 44.1 Å². The van der Waals surface area contributed by atoms with Gasteiger partial charge in [0, 0.05) is 41.6 Å². The number of aromatic nitrogens is 3. The van der Waals surface area contributed by atoms with E-state index in [1.807, 2.05) is 34.5 Å². The van der Waals surface area contributed by atoms with Crippen molar-refractivity contribution in [3.8, 4) is 16.3 Å². The van der Waals surface area contributed by atoms with Crippen molar-refractivity contribution in [3.05, 3.63) is 57.8 Å². The lowest BCUT2D eigenvalue weighted by molar-refractivity contribution is 0.0607. The molecule has 3 aromatic heterocycles. The number of thiazole rings is 2. The molecule has 2 fully saturated rings. The lowest BCUT2D eigenvalue weighted by atomic mass is 10.0. The van der Waals surface area contributed by atoms with Crippen molar-refractivity contribution in [1.29, 1.82) is 0 Å². The monoisotopic (exact) mass is 541 g/mol. The molecule has 2 aliphatic rings. The number of halogens is 1. The molecule has 2 amide bonds. The van der Waals surface area contributed by atoms with Gasteiger partial charge >= 0.3 is 6.09 Å². The average Bonchev–Trinajstić information content (AvgIpc) is 3.29. The van der Waals surface area contributed by atoms with Gasteiger partial charge in [0.25, 0.3) is 5.91 Å². The molecule has 1 atom stereocenters. The number of likely N-dealkylation sites (tertiary alicyclic amines) is 1. The Morgan fingerprint density at radius 2 is 2.11 bits per heavy atom. The van der Waals surface area contributed by atoms with E-state index in [0.717, 1.165) is 52.5 Å². The number of nitrogens with zero attached hydrogens (tertiary/aromatic N) is 4. The van der Waals surface area contributed by atoms with Gasteiger partial charge in [-0.25, -0.2) is 14.8 Å². The molecule has 1 saturated carbocycles. The van der Waals surface area contributed by atoms with Gasteiger partial charge in [-0.15, -0.1) is 22.7 Å². The van der Waals surface area contributed by atoms with Crippen LogP contribution in [0.5, 0.6) is 5.88 Å². The highest BCUT2D eigenvalue weighted by Gasteiger charge is 2.34. The van der Waals surface area contributed by atoms with E-state index in [-0.39, 0.29) is 11.9 Å². The summed E-state index contributed by atoms with van der Waals surface area (Å²) in [5.74, 6) is 0.714. The van der Waals surface area contributed by atoms with Crippen LogP contribution < -0.4 is 10.1 Å². The molecule has 0 spiro atoms. The molecular weight excluding hydrogens is 518 g/mol. The highest BCUT2D eigenvalue weighted by atomic mass is 35.5. The number of amides is 2. The molecule has 0 unspecified atom stereocenters. The van der Waals surface area contributed by atoms with Gasteiger partial charge in [0.05, 0.1) is 16.1 Å². The zero-order valence-corrected chi connectivity index (χ0v) is 21.7. The molecule has 1 aliphatic carbocycles. The smallest absolute Gasteiger partial charge is 0.391 e. The van der Waals surface area contributed by atoms with E-state index >= 15 is 0 Å². The zero-order chi connectivity index (χ0) is 24.6. The molecule has 1 aliphatic heterocycles. The molecule has 4 heterocycles. The van der Waals surface area contributed by atoms with Crippen LogP contribution in [0, 0.1) is 0 Å². The molecule has 11 heteroatoms. The van der Waals surface area contributed by atoms with Gasteiger partial charge in [-0.2, -0.15) is 0 Å². The number of ether oxygens (including phenoxy) is 1. The second-order valence-corrected chi connectivity index (χ2v) is 11.4. The van der Waals surface area contributed by atoms with Gasteiger partial charge in [-0.05, 0) is 49.8 Å². The first-order valence-electron chi connectivity index (χ1n) is 12.0. The van der Waals surface area contributed by atoms with Crippen LogP contribution in [0.4, 0.5) is 4.79 Å². The SMILES string of the molecule is O=C(NC[C@@H]1CCCCN1C(=O)c1nc(C2CC2)sc1-c1cccc(Cl)c1)Oc1cnc2sccn12. The van der Waals surface area contributed by atoms with Gasteiger partial charge in [0.1, 0.15) is 5.69 Å². The maximum absolute atomic E-state index is 13.8. The van der Waals surface area contributed by atoms with Gasteiger partial charge in [0.15, 0.2) is 4.96 Å². The predicted molar refractivity (Wildman–Crippen MR) is 140 cm³/mol. The molecule has 186 valence electrons. The lowest BCUT2D eigenvalue weighted by Gasteiger charge is -2.35. The van der Waals surface area contributed by atoms with Gasteiger partial charge < -0.3 is 15.0 Å². The molecule has 1 saturated heterocycles. The molecule has 36 heavy (non-hydrogen) atoms. The van der Waals surface area contributed by atoms with Crippen molar-refractivity contribution in [2.24, 2.45) is 0 Å². The van der Waals surface area contributed by atoms with E-state index in [2.05, 4.69) is 10.3 Å². The van der Waals surface area contributed by atoms with Gasteiger partial charge in [-0.1, -0.05) is 23.7 Å². The van der Waals surface area contributed by atoms with Crippen LogP contribution >= 0.6 is 34.3 Å². The number of carbonyl (C=O) groups is 2. The third-order valence-electron chi connectivity index (χ3n) is 6.54. The molecular formula is C25H24ClN5O3S2. The number of imidazole rings is 1. The Labute approximate surface area is 220 Å². The summed E-state index contributed by atoms with van der Waals surface area (Å²) in [5, 5.41) is 6.37. The summed E-state index contributed by atoms with van der Waals surface area (Å²) in [7, 11) is 0. The normalized spacial score (nSPS) is 17.9. The standard InChI is InChI=1S/C25H24ClN5O3S2/c26-17-5-3-4-16(12-17)21-20(29-22(36-21)15-7-8-15)23(32)30-9-2-1-6-18(30)13-28-25(33)34-19-14-27-24-31(19)10-11-35-24/h3-5,10-12,14-15,18H,1-2,6-9,13H2,(H,28,33)/t18-/m0/s1. The number of rotatable bonds is 6. The predicted octanol–water partition coefficient (Wildman–Crippen LogP) is 5.83. The fourth-order valence-corrected chi connectivity index (χ4v) is 6.64. The van der Waals surface area contributed by atoms with Crippen molar-refractivity contribution >= 4 is 51.2 Å². The Morgan fingerprint density at radius 3 is 2.94 bits per heavy atom. The molecule has 8 nitrogen and oxygen atoms in total. The Hall–Kier alpha value is -2.95. The summed E-state index contributed by atoms with van der Waals surface area (Å²) in [5.41, 5.74) is 1.39. The largest absolute Gasteiger partial charge is 0.414 e. The number of hydrogen-bond donors (Lipinski definition) is 1. The number of nitrogens with one attached hydrogen (secondary N) is 1. The third kappa shape index (κ3) is 4.72. The van der Waals surface area contributed by atoms with Crippen molar-refractivity contribution in [2.75, 3.05) is 13.1 Å². The van der Waals surface area contributed by atoms with E-state index < -0.39 is 6.09 Å². The number of carbonyl (C=O) groups excluding carboxylic acids is 2. The summed E-state index contributed by atoms with van der Waals surface area (Å²) in [4.78, 5) is 38.9. The molecule has 1 N–H and O–H groups in total. The molecule has 0 bridgehead atoms. The van der Waals surface area contributed by atoms with Gasteiger partial charge in [-0.3, -0.25) is 9.20 Å². The first kappa shape index (κ1) is 23.4. The molecule has 1 aromatic carbocycles. The van der Waals surface area contributed by atoms with Crippen LogP contribution in [0.25, 0.3) is 15.4 Å². The van der Waals surface area contributed by atoms with Crippen LogP contribution in [-0.4, -0.2) is 50.4 Å². The molecule has 0 radical (unpaired) electrons. The van der Waals surface area contributed by atoms with E-state index in [0.29, 0.717) is 35.6 Å². The average molecular weight is 542 g/mol.